The lowest BCUT2D eigenvalue weighted by atomic mass is 9.81. The largest absolute Gasteiger partial charge is 0.508 e. The van der Waals surface area contributed by atoms with Crippen LogP contribution in [0.15, 0.2) is 84.9 Å². The van der Waals surface area contributed by atoms with Crippen molar-refractivity contribution < 1.29 is 35.7 Å². The predicted molar refractivity (Wildman–Crippen MR) is 190 cm³/mol. The smallest absolute Gasteiger partial charge is 0.124 e. The summed E-state index contributed by atoms with van der Waals surface area (Å²) in [6.07, 6.45) is 4.07. The average Bonchev–Trinajstić information content (AvgIpc) is 3.09. The lowest BCUT2D eigenvalue weighted by molar-refractivity contribution is 0.215. The highest BCUT2D eigenvalue weighted by atomic mass is 16.3. The molecule has 7 nitrogen and oxygen atoms in total. The summed E-state index contributed by atoms with van der Waals surface area (Å²) in [4.78, 5) is 0. The van der Waals surface area contributed by atoms with Crippen LogP contribution in [0.2, 0.25) is 0 Å². The maximum atomic E-state index is 11.7. The van der Waals surface area contributed by atoms with Crippen LogP contribution in [0.1, 0.15) is 111 Å². The fourth-order valence-corrected chi connectivity index (χ4v) is 7.27. The quantitative estimate of drug-likeness (QED) is 0.0845. The number of aliphatic hydroxyl groups excluding tert-OH is 2. The summed E-state index contributed by atoms with van der Waals surface area (Å²) in [6.45, 7) is 3.59. The van der Waals surface area contributed by atoms with Crippen molar-refractivity contribution in [3.63, 3.8) is 0 Å². The molecule has 2 atom stereocenters. The van der Waals surface area contributed by atoms with Gasteiger partial charge in [0.2, 0.25) is 0 Å². The van der Waals surface area contributed by atoms with Crippen molar-refractivity contribution in [1.82, 2.24) is 0 Å². The van der Waals surface area contributed by atoms with Gasteiger partial charge in [-0.3, -0.25) is 0 Å². The van der Waals surface area contributed by atoms with Crippen LogP contribution in [0, 0.1) is 13.8 Å². The van der Waals surface area contributed by atoms with Gasteiger partial charge in [0.25, 0.3) is 0 Å². The average molecular weight is 661 g/mol. The molecule has 1 aliphatic rings. The van der Waals surface area contributed by atoms with Crippen LogP contribution in [-0.4, -0.2) is 35.7 Å². The van der Waals surface area contributed by atoms with Crippen molar-refractivity contribution >= 4 is 0 Å². The van der Waals surface area contributed by atoms with Crippen LogP contribution < -0.4 is 0 Å². The molecule has 0 aliphatic heterocycles. The van der Waals surface area contributed by atoms with Gasteiger partial charge < -0.3 is 35.7 Å². The van der Waals surface area contributed by atoms with Gasteiger partial charge in [0.15, 0.2) is 0 Å². The van der Waals surface area contributed by atoms with Gasteiger partial charge in [0.1, 0.15) is 41.0 Å². The molecule has 0 bridgehead atoms. The topological polar surface area (TPSA) is 142 Å². The number of aryl methyl sites for hydroxylation is 2. The van der Waals surface area contributed by atoms with E-state index >= 15 is 0 Å². The molecule has 0 heterocycles. The van der Waals surface area contributed by atoms with Crippen LogP contribution in [0.5, 0.6) is 28.7 Å². The molecule has 6 rings (SSSR count). The highest BCUT2D eigenvalue weighted by molar-refractivity contribution is 5.53. The molecule has 1 saturated carbocycles. The Morgan fingerprint density at radius 3 is 1.47 bits per heavy atom. The molecule has 0 saturated heterocycles. The van der Waals surface area contributed by atoms with Gasteiger partial charge >= 0.3 is 0 Å². The highest BCUT2D eigenvalue weighted by Crippen LogP contribution is 2.42. The normalized spacial score (nSPS) is 14.9. The SMILES string of the molecule is Cc1cc(Cc2cc(Cc3cc(C)c(O)c(C(O)c4ccc(O)cc4)c3)c(O)c(C3CCCCC3)c2)cc(C(O)c2ccc(O)cc2)c1O. The van der Waals surface area contributed by atoms with E-state index in [1.54, 1.807) is 44.2 Å². The molecule has 5 aromatic rings. The summed E-state index contributed by atoms with van der Waals surface area (Å²) in [5.74, 6) is 0.696. The Hall–Kier alpha value is -4.98. The molecule has 0 spiro atoms. The van der Waals surface area contributed by atoms with Crippen molar-refractivity contribution in [2.75, 3.05) is 0 Å². The Labute approximate surface area is 287 Å². The Kier molecular flexibility index (Phi) is 9.86. The molecule has 1 aliphatic carbocycles. The van der Waals surface area contributed by atoms with Gasteiger partial charge in [0.05, 0.1) is 0 Å². The second-order valence-corrected chi connectivity index (χ2v) is 13.6. The zero-order chi connectivity index (χ0) is 34.8. The summed E-state index contributed by atoms with van der Waals surface area (Å²) in [6, 6.07) is 23.9. The fraction of sp³-hybridized carbons (Fsp3) is 0.286. The standard InChI is InChI=1S/C42H44O7/c1-24-16-26(22-36(38(24)45)40(47)30-8-12-33(43)13-9-30)18-28-20-32(42(49)35(21-28)29-6-4-3-5-7-29)19-27-17-25(2)39(46)37(23-27)41(48)31-10-14-34(44)15-11-31/h8-17,20-23,29,40-41,43-49H,3-7,18-19H2,1-2H3. The van der Waals surface area contributed by atoms with Gasteiger partial charge in [-0.2, -0.15) is 0 Å². The minimum Gasteiger partial charge on any atom is -0.508 e. The van der Waals surface area contributed by atoms with Gasteiger partial charge in [-0.1, -0.05) is 67.8 Å². The van der Waals surface area contributed by atoms with Gasteiger partial charge in [-0.25, -0.2) is 0 Å². The first-order valence-corrected chi connectivity index (χ1v) is 16.9. The van der Waals surface area contributed by atoms with Crippen LogP contribution in [0.4, 0.5) is 0 Å². The number of rotatable bonds is 9. The maximum Gasteiger partial charge on any atom is 0.124 e. The van der Waals surface area contributed by atoms with E-state index in [0.717, 1.165) is 53.5 Å². The third-order valence-corrected chi connectivity index (χ3v) is 9.91. The molecule has 49 heavy (non-hydrogen) atoms. The van der Waals surface area contributed by atoms with E-state index in [9.17, 15) is 35.7 Å². The Bertz CT molecular complexity index is 1940. The molecule has 0 radical (unpaired) electrons. The van der Waals surface area contributed by atoms with Crippen LogP contribution in [0.25, 0.3) is 0 Å². The van der Waals surface area contributed by atoms with E-state index in [4.69, 9.17) is 0 Å². The summed E-state index contributed by atoms with van der Waals surface area (Å²) >= 11 is 0. The van der Waals surface area contributed by atoms with Crippen molar-refractivity contribution in [2.24, 2.45) is 0 Å². The molecule has 254 valence electrons. The zero-order valence-corrected chi connectivity index (χ0v) is 27.9. The van der Waals surface area contributed by atoms with Crippen LogP contribution >= 0.6 is 0 Å². The first kappa shape index (κ1) is 33.9. The number of hydrogen-bond donors (Lipinski definition) is 7. The minimum atomic E-state index is -1.11. The maximum absolute atomic E-state index is 11.7. The molecule has 1 fully saturated rings. The summed E-state index contributed by atoms with van der Waals surface area (Å²) in [5.41, 5.74) is 7.43. The van der Waals surface area contributed by atoms with E-state index in [1.165, 1.54) is 30.7 Å². The van der Waals surface area contributed by atoms with Crippen molar-refractivity contribution in [3.05, 3.63) is 146 Å². The van der Waals surface area contributed by atoms with Gasteiger partial charge in [0, 0.05) is 17.5 Å². The lowest BCUT2D eigenvalue weighted by Crippen LogP contribution is -2.08. The molecule has 7 N–H and O–H groups in total. The lowest BCUT2D eigenvalue weighted by Gasteiger charge is -2.25. The minimum absolute atomic E-state index is 0.00168. The number of hydrogen-bond acceptors (Lipinski definition) is 7. The number of aromatic hydroxyl groups is 5. The molecule has 5 aromatic carbocycles. The second kappa shape index (κ2) is 14.2. The number of aliphatic hydroxyl groups is 2. The Balaban J connectivity index is 1.37. The van der Waals surface area contributed by atoms with Gasteiger partial charge in [-0.15, -0.1) is 0 Å². The van der Waals surface area contributed by atoms with E-state index in [-0.39, 0.29) is 34.7 Å². The molecule has 2 unspecified atom stereocenters. The third kappa shape index (κ3) is 7.38. The van der Waals surface area contributed by atoms with E-state index in [2.05, 4.69) is 6.07 Å². The molecular weight excluding hydrogens is 616 g/mol. The van der Waals surface area contributed by atoms with E-state index in [1.807, 2.05) is 24.3 Å². The van der Waals surface area contributed by atoms with E-state index in [0.29, 0.717) is 46.2 Å². The Morgan fingerprint density at radius 2 is 0.980 bits per heavy atom. The molecular formula is C42H44O7. The first-order chi connectivity index (χ1) is 23.5. The number of phenolic OH excluding ortho intramolecular Hbond substituents is 5. The van der Waals surface area contributed by atoms with Crippen molar-refractivity contribution in [1.29, 1.82) is 0 Å². The summed E-state index contributed by atoms with van der Waals surface area (Å²) < 4.78 is 0. The zero-order valence-electron chi connectivity index (χ0n) is 27.9. The molecule has 7 heteroatoms. The second-order valence-electron chi connectivity index (χ2n) is 13.6. The van der Waals surface area contributed by atoms with Crippen LogP contribution in [-0.2, 0) is 12.8 Å². The number of benzene rings is 5. The number of phenols is 5. The highest BCUT2D eigenvalue weighted by Gasteiger charge is 2.24. The monoisotopic (exact) mass is 660 g/mol. The van der Waals surface area contributed by atoms with E-state index < -0.39 is 12.2 Å². The fourth-order valence-electron chi connectivity index (χ4n) is 7.27. The van der Waals surface area contributed by atoms with Gasteiger partial charge in [-0.05, 0) is 125 Å². The predicted octanol–water partition coefficient (Wildman–Crippen LogP) is 8.22. The van der Waals surface area contributed by atoms with Crippen molar-refractivity contribution in [3.8, 4) is 28.7 Å². The summed E-state index contributed by atoms with van der Waals surface area (Å²) in [5, 5.41) is 75.4. The van der Waals surface area contributed by atoms with Crippen LogP contribution in [0.3, 0.4) is 0 Å². The van der Waals surface area contributed by atoms with Crippen molar-refractivity contribution in [2.45, 2.75) is 76.9 Å². The first-order valence-electron chi connectivity index (χ1n) is 16.9. The summed E-state index contributed by atoms with van der Waals surface area (Å²) in [7, 11) is 0. The molecule has 0 amide bonds. The third-order valence-electron chi connectivity index (χ3n) is 9.91. The Morgan fingerprint density at radius 1 is 0.531 bits per heavy atom. The molecule has 0 aromatic heterocycles.